The van der Waals surface area contributed by atoms with Crippen molar-refractivity contribution >= 4 is 34.1 Å². The third kappa shape index (κ3) is 6.41. The second-order valence-corrected chi connectivity index (χ2v) is 15.4. The minimum atomic E-state index is -0.242. The molecule has 3 atom stereocenters. The van der Waals surface area contributed by atoms with Gasteiger partial charge in [-0.15, -0.1) is 0 Å². The number of carbonyl (C=O) groups excluding carboxylic acids is 2. The summed E-state index contributed by atoms with van der Waals surface area (Å²) in [7, 11) is 3.12. The Morgan fingerprint density at radius 1 is 0.792 bits per heavy atom. The van der Waals surface area contributed by atoms with E-state index in [9.17, 15) is 14.4 Å². The van der Waals surface area contributed by atoms with E-state index < -0.39 is 0 Å². The van der Waals surface area contributed by atoms with Crippen molar-refractivity contribution in [2.45, 2.75) is 69.7 Å². The molecule has 2 bridgehead atoms. The molecule has 5 aliphatic heterocycles. The van der Waals surface area contributed by atoms with Crippen LogP contribution in [-0.4, -0.2) is 96.7 Å². The Kier molecular flexibility index (Phi) is 8.82. The highest BCUT2D eigenvalue weighted by atomic mass is 16.5. The van der Waals surface area contributed by atoms with E-state index in [4.69, 9.17) is 14.5 Å². The predicted molar refractivity (Wildman–Crippen MR) is 203 cm³/mol. The van der Waals surface area contributed by atoms with Gasteiger partial charge in [-0.25, -0.2) is 4.98 Å². The lowest BCUT2D eigenvalue weighted by atomic mass is 9.94. The predicted octanol–water partition coefficient (Wildman–Crippen LogP) is 4.30. The fourth-order valence-corrected chi connectivity index (χ4v) is 9.48. The zero-order chi connectivity index (χ0) is 36.2. The number of hydrogen-bond acceptors (Lipinski definition) is 10. The minimum absolute atomic E-state index is 0.152. The lowest BCUT2D eigenvalue weighted by Gasteiger charge is -2.44. The van der Waals surface area contributed by atoms with Crippen LogP contribution in [0.1, 0.15) is 49.7 Å². The summed E-state index contributed by atoms with van der Waals surface area (Å²) in [6.45, 7) is 6.91. The van der Waals surface area contributed by atoms with Crippen molar-refractivity contribution in [1.29, 1.82) is 0 Å². The summed E-state index contributed by atoms with van der Waals surface area (Å²) in [5.41, 5.74) is 6.25. The van der Waals surface area contributed by atoms with Gasteiger partial charge in [-0.2, -0.15) is 0 Å². The van der Waals surface area contributed by atoms with Crippen LogP contribution in [0.3, 0.4) is 0 Å². The van der Waals surface area contributed by atoms with Gasteiger partial charge in [-0.3, -0.25) is 29.5 Å². The first-order valence-electron chi connectivity index (χ1n) is 19.0. The van der Waals surface area contributed by atoms with Crippen LogP contribution >= 0.6 is 0 Å². The number of H-pyrrole nitrogens is 1. The highest BCUT2D eigenvalue weighted by Gasteiger charge is 2.41. The normalized spacial score (nSPS) is 23.8. The van der Waals surface area contributed by atoms with Gasteiger partial charge in [0.1, 0.15) is 22.7 Å². The average molecular weight is 718 g/mol. The monoisotopic (exact) mass is 717 g/mol. The first-order valence-corrected chi connectivity index (χ1v) is 19.0. The number of methoxy groups -OCH3 is 2. The topological polar surface area (TPSA) is 123 Å². The fourth-order valence-electron chi connectivity index (χ4n) is 9.48. The summed E-state index contributed by atoms with van der Waals surface area (Å²) in [6, 6.07) is 19.6. The van der Waals surface area contributed by atoms with E-state index >= 15 is 0 Å². The molecule has 4 aromatic rings. The van der Waals surface area contributed by atoms with Crippen LogP contribution in [0.2, 0.25) is 0 Å². The van der Waals surface area contributed by atoms with Gasteiger partial charge in [0.25, 0.3) is 5.56 Å². The smallest absolute Gasteiger partial charge is 0.262 e. The number of hydrogen-bond donors (Lipinski definition) is 2. The number of fused-ring (bicyclic) bond motifs is 4. The quantitative estimate of drug-likeness (QED) is 0.255. The first-order chi connectivity index (χ1) is 25.8. The Morgan fingerprint density at radius 2 is 1.53 bits per heavy atom. The van der Waals surface area contributed by atoms with Crippen LogP contribution in [-0.2, 0) is 22.7 Å². The zero-order valence-electron chi connectivity index (χ0n) is 30.5. The molecular weight excluding hydrogens is 670 g/mol. The van der Waals surface area contributed by atoms with Crippen molar-refractivity contribution in [2.24, 2.45) is 5.92 Å². The number of amides is 2. The van der Waals surface area contributed by atoms with Gasteiger partial charge in [0, 0.05) is 93.4 Å². The Bertz CT molecular complexity index is 2100. The average Bonchev–Trinajstić information content (AvgIpc) is 3.69. The molecule has 12 nitrogen and oxygen atoms in total. The SMILES string of the molecule is COc1cc(OC)c2c(=O)[nH]c(-c3ccc(N4CCC(CN5C6CCC5CN(c5ccc7c(c5)CN(C5CCC(=O)NC5=O)C7)C6)CC4)cc3)nc2c1. The van der Waals surface area contributed by atoms with Crippen LogP contribution in [0, 0.1) is 5.92 Å². The van der Waals surface area contributed by atoms with Crippen molar-refractivity contribution in [2.75, 3.05) is 56.7 Å². The number of ether oxygens (including phenoxy) is 2. The van der Waals surface area contributed by atoms with E-state index in [-0.39, 0.29) is 23.4 Å². The standard InChI is InChI=1S/C41H47N7O5/c1-52-33-18-34-38(36(19-33)53-2)41(51)44-39(42-34)26-3-6-29(7-4-26)45-15-13-25(14-16-45)20-48-31-9-10-32(48)24-46(23-31)30-8-5-27-21-47(22-28(27)17-30)35-11-12-37(49)43-40(35)50/h3-8,17-19,25,31-32,35H,9-16,20-24H2,1-2H3,(H,42,44,51)(H,43,49,50). The van der Waals surface area contributed by atoms with Crippen LogP contribution < -0.4 is 30.1 Å². The number of anilines is 2. The number of imide groups is 1. The molecule has 0 radical (unpaired) electrons. The summed E-state index contributed by atoms with van der Waals surface area (Å²) in [4.78, 5) is 55.0. The highest BCUT2D eigenvalue weighted by Crippen LogP contribution is 2.37. The van der Waals surface area contributed by atoms with Gasteiger partial charge in [-0.05, 0) is 85.5 Å². The van der Waals surface area contributed by atoms with E-state index in [0.717, 1.165) is 44.8 Å². The largest absolute Gasteiger partial charge is 0.497 e. The summed E-state index contributed by atoms with van der Waals surface area (Å²) < 4.78 is 10.8. The second kappa shape index (κ2) is 13.8. The van der Waals surface area contributed by atoms with E-state index in [1.165, 1.54) is 61.8 Å². The Morgan fingerprint density at radius 3 is 2.25 bits per heavy atom. The molecule has 0 saturated carbocycles. The zero-order valence-corrected chi connectivity index (χ0v) is 30.5. The number of piperazine rings is 1. The van der Waals surface area contributed by atoms with E-state index in [2.05, 4.69) is 60.2 Å². The number of carbonyl (C=O) groups is 2. The molecule has 4 fully saturated rings. The second-order valence-electron chi connectivity index (χ2n) is 15.4. The molecule has 2 amide bonds. The Hall–Kier alpha value is -4.94. The van der Waals surface area contributed by atoms with Crippen LogP contribution in [0.5, 0.6) is 11.5 Å². The van der Waals surface area contributed by atoms with Gasteiger partial charge >= 0.3 is 0 Å². The summed E-state index contributed by atoms with van der Waals surface area (Å²) in [5.74, 6) is 1.93. The number of nitrogens with zero attached hydrogens (tertiary/aromatic N) is 5. The van der Waals surface area contributed by atoms with E-state index in [0.29, 0.717) is 59.1 Å². The molecule has 5 aliphatic rings. The van der Waals surface area contributed by atoms with Crippen LogP contribution in [0.15, 0.2) is 59.4 Å². The maximum absolute atomic E-state index is 13.0. The molecule has 6 heterocycles. The number of piperidine rings is 2. The summed E-state index contributed by atoms with van der Waals surface area (Å²) >= 11 is 0. The summed E-state index contributed by atoms with van der Waals surface area (Å²) in [5, 5.41) is 2.93. The molecular formula is C41H47N7O5. The number of aromatic amines is 1. The lowest BCUT2D eigenvalue weighted by molar-refractivity contribution is -0.137. The molecule has 53 heavy (non-hydrogen) atoms. The molecule has 0 spiro atoms. The van der Waals surface area contributed by atoms with Gasteiger partial charge in [0.15, 0.2) is 0 Å². The van der Waals surface area contributed by atoms with Crippen molar-refractivity contribution in [3.05, 3.63) is 76.1 Å². The van der Waals surface area contributed by atoms with E-state index in [1.54, 1.807) is 19.2 Å². The molecule has 12 heteroatoms. The first kappa shape index (κ1) is 33.9. The molecule has 3 aromatic carbocycles. The number of rotatable bonds is 8. The van der Waals surface area contributed by atoms with Crippen molar-refractivity contribution in [3.63, 3.8) is 0 Å². The fraction of sp³-hybridized carbons (Fsp3) is 0.463. The molecule has 1 aromatic heterocycles. The van der Waals surface area contributed by atoms with Gasteiger partial charge in [0.2, 0.25) is 11.8 Å². The summed E-state index contributed by atoms with van der Waals surface area (Å²) in [6.07, 6.45) is 5.90. The highest BCUT2D eigenvalue weighted by molar-refractivity contribution is 6.00. The van der Waals surface area contributed by atoms with Crippen molar-refractivity contribution in [3.8, 4) is 22.9 Å². The number of benzene rings is 3. The maximum atomic E-state index is 13.0. The molecule has 9 rings (SSSR count). The van der Waals surface area contributed by atoms with Gasteiger partial charge < -0.3 is 24.3 Å². The third-order valence-corrected chi connectivity index (χ3v) is 12.4. The maximum Gasteiger partial charge on any atom is 0.262 e. The van der Waals surface area contributed by atoms with Crippen LogP contribution in [0.4, 0.5) is 11.4 Å². The Balaban J connectivity index is 0.795. The lowest BCUT2D eigenvalue weighted by Crippen LogP contribution is -2.55. The third-order valence-electron chi connectivity index (χ3n) is 12.4. The molecule has 0 aliphatic carbocycles. The minimum Gasteiger partial charge on any atom is -0.497 e. The van der Waals surface area contributed by atoms with Crippen LogP contribution in [0.25, 0.3) is 22.3 Å². The Labute approximate surface area is 309 Å². The van der Waals surface area contributed by atoms with Crippen molar-refractivity contribution in [1.82, 2.24) is 25.1 Å². The molecule has 4 saturated heterocycles. The molecule has 276 valence electrons. The van der Waals surface area contributed by atoms with Gasteiger partial charge in [-0.1, -0.05) is 6.07 Å². The molecule has 2 N–H and O–H groups in total. The van der Waals surface area contributed by atoms with Gasteiger partial charge in [0.05, 0.1) is 25.8 Å². The van der Waals surface area contributed by atoms with E-state index in [1.807, 2.05) is 12.1 Å². The number of nitrogens with one attached hydrogen (secondary N) is 2. The molecule has 3 unspecified atom stereocenters. The number of aromatic nitrogens is 2. The van der Waals surface area contributed by atoms with Crippen molar-refractivity contribution < 1.29 is 19.1 Å².